The van der Waals surface area contributed by atoms with Crippen LogP contribution in [-0.2, 0) is 0 Å². The van der Waals surface area contributed by atoms with Crippen LogP contribution in [0.4, 0.5) is 11.7 Å². The van der Waals surface area contributed by atoms with E-state index in [0.29, 0.717) is 22.1 Å². The summed E-state index contributed by atoms with van der Waals surface area (Å²) < 4.78 is 5.19. The highest BCUT2D eigenvalue weighted by Gasteiger charge is 2.16. The maximum absolute atomic E-state index is 12.4. The number of amides is 1. The summed E-state index contributed by atoms with van der Waals surface area (Å²) in [6.45, 7) is 0. The van der Waals surface area contributed by atoms with Gasteiger partial charge in [0.25, 0.3) is 5.91 Å². The zero-order valence-corrected chi connectivity index (χ0v) is 13.9. The van der Waals surface area contributed by atoms with Gasteiger partial charge >= 0.3 is 0 Å². The molecule has 2 heterocycles. The second-order valence-corrected chi connectivity index (χ2v) is 5.74. The molecule has 0 radical (unpaired) electrons. The number of pyridine rings is 1. The third-order valence-corrected chi connectivity index (χ3v) is 3.59. The van der Waals surface area contributed by atoms with Crippen molar-refractivity contribution >= 4 is 29.2 Å². The number of anilines is 2. The highest BCUT2D eigenvalue weighted by molar-refractivity contribution is 6.30. The van der Waals surface area contributed by atoms with Crippen molar-refractivity contribution in [2.45, 2.75) is 0 Å². The van der Waals surface area contributed by atoms with E-state index in [1.54, 1.807) is 41.4 Å². The summed E-state index contributed by atoms with van der Waals surface area (Å²) in [7, 11) is 3.65. The number of carbonyl (C=O) groups is 1. The van der Waals surface area contributed by atoms with Gasteiger partial charge in [-0.05, 0) is 24.3 Å². The smallest absolute Gasteiger partial charge is 0.261 e. The monoisotopic (exact) mass is 342 g/mol. The number of benzene rings is 1. The van der Waals surface area contributed by atoms with Crippen LogP contribution >= 0.6 is 11.6 Å². The van der Waals surface area contributed by atoms with Gasteiger partial charge in [-0.25, -0.2) is 4.98 Å². The Morgan fingerprint density at radius 1 is 1.21 bits per heavy atom. The molecule has 24 heavy (non-hydrogen) atoms. The fourth-order valence-corrected chi connectivity index (χ4v) is 2.33. The van der Waals surface area contributed by atoms with Crippen molar-refractivity contribution in [3.8, 4) is 11.3 Å². The van der Waals surface area contributed by atoms with E-state index in [1.807, 2.05) is 26.2 Å². The summed E-state index contributed by atoms with van der Waals surface area (Å²) in [5, 5.41) is 7.30. The van der Waals surface area contributed by atoms with E-state index >= 15 is 0 Å². The first-order valence-electron chi connectivity index (χ1n) is 7.21. The summed E-state index contributed by atoms with van der Waals surface area (Å²) >= 11 is 5.87. The molecule has 3 rings (SSSR count). The first-order chi connectivity index (χ1) is 11.5. The molecular formula is C17H15ClN4O2. The molecule has 0 saturated heterocycles. The Morgan fingerprint density at radius 3 is 2.67 bits per heavy atom. The van der Waals surface area contributed by atoms with Crippen molar-refractivity contribution < 1.29 is 9.32 Å². The molecule has 3 aromatic rings. The van der Waals surface area contributed by atoms with E-state index in [9.17, 15) is 4.79 Å². The van der Waals surface area contributed by atoms with Crippen molar-refractivity contribution in [1.29, 1.82) is 0 Å². The zero-order chi connectivity index (χ0) is 17.1. The topological polar surface area (TPSA) is 71.3 Å². The van der Waals surface area contributed by atoms with Gasteiger partial charge in [0, 0.05) is 36.9 Å². The van der Waals surface area contributed by atoms with Crippen molar-refractivity contribution in [3.05, 3.63) is 59.2 Å². The first kappa shape index (κ1) is 16.0. The molecular weight excluding hydrogens is 328 g/mol. The molecule has 1 amide bonds. The highest BCUT2D eigenvalue weighted by atomic mass is 35.5. The van der Waals surface area contributed by atoms with Crippen molar-refractivity contribution in [3.63, 3.8) is 0 Å². The average molecular weight is 343 g/mol. The van der Waals surface area contributed by atoms with Crippen LogP contribution in [0.25, 0.3) is 11.3 Å². The molecule has 6 nitrogen and oxygen atoms in total. The van der Waals surface area contributed by atoms with Crippen LogP contribution in [0.15, 0.2) is 53.2 Å². The lowest BCUT2D eigenvalue weighted by Crippen LogP contribution is -2.19. The number of halogens is 1. The van der Waals surface area contributed by atoms with Crippen molar-refractivity contribution in [2.75, 3.05) is 24.3 Å². The van der Waals surface area contributed by atoms with E-state index in [1.165, 1.54) is 0 Å². The number of hydrogen-bond acceptors (Lipinski definition) is 5. The predicted octanol–water partition coefficient (Wildman–Crippen LogP) is 3.71. The quantitative estimate of drug-likeness (QED) is 0.782. The molecule has 0 saturated carbocycles. The van der Waals surface area contributed by atoms with Gasteiger partial charge in [0.05, 0.1) is 5.56 Å². The van der Waals surface area contributed by atoms with E-state index in [4.69, 9.17) is 16.1 Å². The van der Waals surface area contributed by atoms with Gasteiger partial charge in [-0.15, -0.1) is 0 Å². The summed E-state index contributed by atoms with van der Waals surface area (Å²) in [6.07, 6.45) is 1.64. The molecule has 2 aromatic heterocycles. The molecule has 0 fully saturated rings. The summed E-state index contributed by atoms with van der Waals surface area (Å²) in [4.78, 5) is 18.4. The molecule has 1 N–H and O–H groups in total. The minimum atomic E-state index is -0.314. The Bertz CT molecular complexity index is 859. The second-order valence-electron chi connectivity index (χ2n) is 5.31. The lowest BCUT2D eigenvalue weighted by atomic mass is 10.1. The lowest BCUT2D eigenvalue weighted by Gasteiger charge is -2.14. The van der Waals surface area contributed by atoms with E-state index < -0.39 is 0 Å². The minimum Gasteiger partial charge on any atom is -0.362 e. The highest BCUT2D eigenvalue weighted by Crippen LogP contribution is 2.24. The van der Waals surface area contributed by atoms with Crippen LogP contribution in [-0.4, -0.2) is 30.1 Å². The number of rotatable bonds is 4. The Morgan fingerprint density at radius 2 is 1.96 bits per heavy atom. The van der Waals surface area contributed by atoms with Gasteiger partial charge in [0.15, 0.2) is 0 Å². The normalized spacial score (nSPS) is 10.5. The average Bonchev–Trinajstić information content (AvgIpc) is 3.04. The largest absolute Gasteiger partial charge is 0.362 e. The molecule has 0 unspecified atom stereocenters. The van der Waals surface area contributed by atoms with Crippen molar-refractivity contribution in [1.82, 2.24) is 10.1 Å². The van der Waals surface area contributed by atoms with E-state index in [-0.39, 0.29) is 11.8 Å². The molecule has 7 heteroatoms. The van der Waals surface area contributed by atoms with Gasteiger partial charge in [-0.3, -0.25) is 10.1 Å². The third kappa shape index (κ3) is 3.38. The molecule has 0 atom stereocenters. The molecule has 122 valence electrons. The van der Waals surface area contributed by atoms with Gasteiger partial charge in [0.2, 0.25) is 5.88 Å². The summed E-state index contributed by atoms with van der Waals surface area (Å²) in [6, 6.07) is 12.3. The molecule has 0 aliphatic rings. The Balaban J connectivity index is 1.80. The maximum Gasteiger partial charge on any atom is 0.261 e. The maximum atomic E-state index is 12.4. The molecule has 0 bridgehead atoms. The summed E-state index contributed by atoms with van der Waals surface area (Å²) in [5.41, 5.74) is 1.91. The number of nitrogens with zero attached hydrogens (tertiary/aromatic N) is 3. The van der Waals surface area contributed by atoms with Crippen LogP contribution < -0.4 is 10.2 Å². The fourth-order valence-electron chi connectivity index (χ4n) is 2.20. The summed E-state index contributed by atoms with van der Waals surface area (Å²) in [5.74, 6) is 0.525. The third-order valence-electron chi connectivity index (χ3n) is 3.34. The van der Waals surface area contributed by atoms with Gasteiger partial charge < -0.3 is 9.42 Å². The van der Waals surface area contributed by atoms with E-state index in [2.05, 4.69) is 15.5 Å². The molecule has 0 aliphatic carbocycles. The Kier molecular flexibility index (Phi) is 4.48. The Hall–Kier alpha value is -2.86. The van der Waals surface area contributed by atoms with Gasteiger partial charge in [-0.2, -0.15) is 0 Å². The minimum absolute atomic E-state index is 0.263. The van der Waals surface area contributed by atoms with Crippen LogP contribution in [0.1, 0.15) is 10.4 Å². The van der Waals surface area contributed by atoms with Crippen LogP contribution in [0, 0.1) is 0 Å². The van der Waals surface area contributed by atoms with Gasteiger partial charge in [-0.1, -0.05) is 28.9 Å². The number of carbonyl (C=O) groups excluding carboxylic acids is 1. The molecule has 0 aliphatic heterocycles. The number of hydrogen-bond donors (Lipinski definition) is 1. The van der Waals surface area contributed by atoms with Crippen LogP contribution in [0.2, 0.25) is 5.02 Å². The van der Waals surface area contributed by atoms with Crippen molar-refractivity contribution in [2.24, 2.45) is 0 Å². The fraction of sp³-hybridized carbons (Fsp3) is 0.118. The number of aromatic nitrogens is 2. The standard InChI is InChI=1S/C17H15ClN4O2/c1-22(2)16-13(4-3-9-19-16)17(23)20-15-10-14(21-24-15)11-5-7-12(18)8-6-11/h3-10H,1-2H3,(H,20,23). The lowest BCUT2D eigenvalue weighted by molar-refractivity contribution is 0.102. The van der Waals surface area contributed by atoms with E-state index in [0.717, 1.165) is 5.56 Å². The SMILES string of the molecule is CN(C)c1ncccc1C(=O)Nc1cc(-c2ccc(Cl)cc2)no1. The predicted molar refractivity (Wildman–Crippen MR) is 93.5 cm³/mol. The van der Waals surface area contributed by atoms with Crippen LogP contribution in [0.3, 0.4) is 0 Å². The second kappa shape index (κ2) is 6.72. The number of nitrogens with one attached hydrogen (secondary N) is 1. The Labute approximate surface area is 144 Å². The molecule has 1 aromatic carbocycles. The van der Waals surface area contributed by atoms with Crippen LogP contribution in [0.5, 0.6) is 0 Å². The molecule has 0 spiro atoms. The first-order valence-corrected chi connectivity index (χ1v) is 7.59. The van der Waals surface area contributed by atoms with Gasteiger partial charge in [0.1, 0.15) is 11.5 Å². The zero-order valence-electron chi connectivity index (χ0n) is 13.2.